The molecule has 4 rings (SSSR count). The molecule has 5 nitrogen and oxygen atoms in total. The predicted octanol–water partition coefficient (Wildman–Crippen LogP) is 4.81. The van der Waals surface area contributed by atoms with Crippen LogP contribution in [0.15, 0.2) is 71.1 Å². The highest BCUT2D eigenvalue weighted by molar-refractivity contribution is 5.77. The number of ether oxygens (including phenoxy) is 1. The van der Waals surface area contributed by atoms with Crippen LogP contribution in [0.25, 0.3) is 22.6 Å². The molecule has 29 heavy (non-hydrogen) atoms. The Bertz CT molecular complexity index is 1110. The summed E-state index contributed by atoms with van der Waals surface area (Å²) in [5.41, 5.74) is 5.83. The summed E-state index contributed by atoms with van der Waals surface area (Å²) in [7, 11) is 0. The van der Waals surface area contributed by atoms with E-state index in [2.05, 4.69) is 10.3 Å². The molecule has 0 atom stereocenters. The molecule has 0 unspecified atom stereocenters. The van der Waals surface area contributed by atoms with Crippen LogP contribution < -0.4 is 10.1 Å². The summed E-state index contributed by atoms with van der Waals surface area (Å²) in [5, 5.41) is 2.87. The molecule has 0 aliphatic carbocycles. The van der Waals surface area contributed by atoms with E-state index >= 15 is 0 Å². The number of hydrogen-bond donors (Lipinski definition) is 1. The van der Waals surface area contributed by atoms with E-state index in [0.29, 0.717) is 18.2 Å². The summed E-state index contributed by atoms with van der Waals surface area (Å²) in [4.78, 5) is 16.6. The second-order valence-electron chi connectivity index (χ2n) is 7.00. The van der Waals surface area contributed by atoms with Crippen molar-refractivity contribution in [3.05, 3.63) is 83.4 Å². The van der Waals surface area contributed by atoms with Gasteiger partial charge in [-0.15, -0.1) is 0 Å². The van der Waals surface area contributed by atoms with Crippen molar-refractivity contribution in [2.24, 2.45) is 0 Å². The smallest absolute Gasteiger partial charge is 0.258 e. The van der Waals surface area contributed by atoms with Crippen LogP contribution in [0, 0.1) is 13.8 Å². The molecule has 0 aliphatic heterocycles. The number of fused-ring (bicyclic) bond motifs is 1. The molecule has 0 aliphatic rings. The summed E-state index contributed by atoms with van der Waals surface area (Å²) < 4.78 is 11.3. The van der Waals surface area contributed by atoms with Crippen molar-refractivity contribution in [2.75, 3.05) is 6.61 Å². The van der Waals surface area contributed by atoms with Gasteiger partial charge in [0, 0.05) is 12.1 Å². The molecular weight excluding hydrogens is 364 g/mol. The number of amides is 1. The molecule has 0 spiro atoms. The summed E-state index contributed by atoms with van der Waals surface area (Å²) in [6.45, 7) is 4.49. The largest absolute Gasteiger partial charge is 0.484 e. The van der Waals surface area contributed by atoms with Crippen LogP contribution in [-0.4, -0.2) is 17.5 Å². The first-order valence-electron chi connectivity index (χ1n) is 9.50. The molecule has 1 heterocycles. The van der Waals surface area contributed by atoms with E-state index in [4.69, 9.17) is 9.15 Å². The average molecular weight is 386 g/mol. The summed E-state index contributed by atoms with van der Waals surface area (Å²) in [5.74, 6) is 1.13. The Morgan fingerprint density at radius 3 is 2.55 bits per heavy atom. The van der Waals surface area contributed by atoms with Crippen LogP contribution in [0.3, 0.4) is 0 Å². The third-order valence-electron chi connectivity index (χ3n) is 4.83. The number of nitrogens with one attached hydrogen (secondary N) is 1. The standard InChI is InChI=1S/C24H22N2O3/c1-16-7-12-20(13-17(16)2)28-15-23(27)25-14-18-8-10-19(11-9-18)24-26-21-5-3-4-6-22(21)29-24/h3-13H,14-15H2,1-2H3,(H,25,27). The van der Waals surface area contributed by atoms with Gasteiger partial charge in [-0.3, -0.25) is 4.79 Å². The van der Waals surface area contributed by atoms with E-state index in [0.717, 1.165) is 27.8 Å². The van der Waals surface area contributed by atoms with Crippen LogP contribution >= 0.6 is 0 Å². The van der Waals surface area contributed by atoms with E-state index in [1.165, 1.54) is 5.56 Å². The quantitative estimate of drug-likeness (QED) is 0.517. The van der Waals surface area contributed by atoms with Crippen LogP contribution in [0.2, 0.25) is 0 Å². The fourth-order valence-corrected chi connectivity index (χ4v) is 2.97. The number of aromatic nitrogens is 1. The van der Waals surface area contributed by atoms with Crippen molar-refractivity contribution < 1.29 is 13.9 Å². The molecule has 1 N–H and O–H groups in total. The van der Waals surface area contributed by atoms with Crippen LogP contribution in [-0.2, 0) is 11.3 Å². The van der Waals surface area contributed by atoms with Crippen LogP contribution in [0.4, 0.5) is 0 Å². The normalized spacial score (nSPS) is 10.8. The number of aryl methyl sites for hydroxylation is 2. The maximum absolute atomic E-state index is 12.1. The van der Waals surface area contributed by atoms with E-state index < -0.39 is 0 Å². The second kappa shape index (κ2) is 8.19. The minimum Gasteiger partial charge on any atom is -0.484 e. The molecule has 0 saturated carbocycles. The summed E-state index contributed by atoms with van der Waals surface area (Å²) in [6.07, 6.45) is 0. The topological polar surface area (TPSA) is 64.4 Å². The Morgan fingerprint density at radius 2 is 1.79 bits per heavy atom. The minimum atomic E-state index is -0.161. The molecule has 0 fully saturated rings. The fraction of sp³-hybridized carbons (Fsp3) is 0.167. The highest BCUT2D eigenvalue weighted by Gasteiger charge is 2.08. The van der Waals surface area contributed by atoms with Gasteiger partial charge in [0.05, 0.1) is 0 Å². The Labute approximate surface area is 169 Å². The number of hydrogen-bond acceptors (Lipinski definition) is 4. The molecular formula is C24H22N2O3. The Balaban J connectivity index is 1.31. The second-order valence-corrected chi connectivity index (χ2v) is 7.00. The van der Waals surface area contributed by atoms with Gasteiger partial charge in [0.1, 0.15) is 11.3 Å². The molecule has 146 valence electrons. The Hall–Kier alpha value is -3.60. The molecule has 3 aromatic carbocycles. The van der Waals surface area contributed by atoms with E-state index in [1.54, 1.807) is 0 Å². The van der Waals surface area contributed by atoms with E-state index in [1.807, 2.05) is 80.6 Å². The van der Waals surface area contributed by atoms with Gasteiger partial charge in [-0.1, -0.05) is 30.3 Å². The maximum atomic E-state index is 12.1. The zero-order valence-corrected chi connectivity index (χ0v) is 16.4. The van der Waals surface area contributed by atoms with Crippen molar-refractivity contribution in [1.29, 1.82) is 0 Å². The third kappa shape index (κ3) is 4.46. The first kappa shape index (κ1) is 18.7. The molecule has 0 saturated heterocycles. The van der Waals surface area contributed by atoms with Crippen molar-refractivity contribution >= 4 is 17.0 Å². The van der Waals surface area contributed by atoms with Crippen molar-refractivity contribution in [3.8, 4) is 17.2 Å². The number of carbonyl (C=O) groups excluding carboxylic acids is 1. The molecule has 1 amide bonds. The summed E-state index contributed by atoms with van der Waals surface area (Å²) >= 11 is 0. The predicted molar refractivity (Wildman–Crippen MR) is 113 cm³/mol. The number of carbonyl (C=O) groups is 1. The zero-order valence-electron chi connectivity index (χ0n) is 16.4. The van der Waals surface area contributed by atoms with Crippen LogP contribution in [0.1, 0.15) is 16.7 Å². The average Bonchev–Trinajstić information content (AvgIpc) is 3.18. The molecule has 4 aromatic rings. The highest BCUT2D eigenvalue weighted by atomic mass is 16.5. The van der Waals surface area contributed by atoms with Crippen molar-refractivity contribution in [1.82, 2.24) is 10.3 Å². The number of rotatable bonds is 6. The molecule has 0 bridgehead atoms. The first-order valence-corrected chi connectivity index (χ1v) is 9.50. The van der Waals surface area contributed by atoms with Gasteiger partial charge in [-0.05, 0) is 66.9 Å². The lowest BCUT2D eigenvalue weighted by molar-refractivity contribution is -0.123. The molecule has 0 radical (unpaired) electrons. The first-order chi connectivity index (χ1) is 14.1. The van der Waals surface area contributed by atoms with Gasteiger partial charge in [-0.25, -0.2) is 4.98 Å². The highest BCUT2D eigenvalue weighted by Crippen LogP contribution is 2.24. The zero-order chi connectivity index (χ0) is 20.2. The SMILES string of the molecule is Cc1ccc(OCC(=O)NCc2ccc(-c3nc4ccccc4o3)cc2)cc1C. The van der Waals surface area contributed by atoms with Crippen LogP contribution in [0.5, 0.6) is 5.75 Å². The Kier molecular flexibility index (Phi) is 5.29. The van der Waals surface area contributed by atoms with Crippen molar-refractivity contribution in [3.63, 3.8) is 0 Å². The summed E-state index contributed by atoms with van der Waals surface area (Å²) in [6, 6.07) is 21.3. The number of oxazole rings is 1. The fourth-order valence-electron chi connectivity index (χ4n) is 2.97. The van der Waals surface area contributed by atoms with Gasteiger partial charge in [-0.2, -0.15) is 0 Å². The number of nitrogens with zero attached hydrogens (tertiary/aromatic N) is 1. The van der Waals surface area contributed by atoms with E-state index in [-0.39, 0.29) is 12.5 Å². The third-order valence-corrected chi connectivity index (χ3v) is 4.83. The monoisotopic (exact) mass is 386 g/mol. The van der Waals surface area contributed by atoms with Gasteiger partial charge in [0.25, 0.3) is 5.91 Å². The lowest BCUT2D eigenvalue weighted by Gasteiger charge is -2.09. The number of para-hydroxylation sites is 2. The minimum absolute atomic E-state index is 0.0104. The lowest BCUT2D eigenvalue weighted by atomic mass is 10.1. The molecule has 5 heteroatoms. The maximum Gasteiger partial charge on any atom is 0.258 e. The van der Waals surface area contributed by atoms with Gasteiger partial charge < -0.3 is 14.5 Å². The number of benzene rings is 3. The van der Waals surface area contributed by atoms with Crippen molar-refractivity contribution in [2.45, 2.75) is 20.4 Å². The lowest BCUT2D eigenvalue weighted by Crippen LogP contribution is -2.28. The van der Waals surface area contributed by atoms with Gasteiger partial charge >= 0.3 is 0 Å². The van der Waals surface area contributed by atoms with E-state index in [9.17, 15) is 4.79 Å². The molecule has 1 aromatic heterocycles. The Morgan fingerprint density at radius 1 is 1.00 bits per heavy atom. The van der Waals surface area contributed by atoms with Gasteiger partial charge in [0.15, 0.2) is 12.2 Å². The van der Waals surface area contributed by atoms with Gasteiger partial charge in [0.2, 0.25) is 5.89 Å².